The number of hydrogen-bond donors (Lipinski definition) is 1. The molecule has 1 unspecified atom stereocenters. The maximum atomic E-state index is 11.7. The van der Waals surface area contributed by atoms with Crippen molar-refractivity contribution in [3.63, 3.8) is 0 Å². The average molecular weight is 197 g/mol. The molecule has 1 aliphatic heterocycles. The van der Waals surface area contributed by atoms with E-state index in [2.05, 4.69) is 5.32 Å². The Balaban J connectivity index is 2.52. The van der Waals surface area contributed by atoms with Gasteiger partial charge in [-0.05, 0) is 14.0 Å². The highest BCUT2D eigenvalue weighted by Crippen LogP contribution is 2.05. The van der Waals surface area contributed by atoms with E-state index in [9.17, 15) is 4.79 Å². The van der Waals surface area contributed by atoms with Gasteiger partial charge in [0.05, 0.1) is 25.3 Å². The second kappa shape index (κ2) is 4.94. The van der Waals surface area contributed by atoms with Crippen molar-refractivity contribution in [2.75, 3.05) is 26.7 Å². The summed E-state index contributed by atoms with van der Waals surface area (Å²) in [5.41, 5.74) is 0. The topological polar surface area (TPSA) is 65.4 Å². The molecule has 1 rings (SSSR count). The van der Waals surface area contributed by atoms with E-state index in [1.165, 1.54) is 0 Å². The van der Waals surface area contributed by atoms with Crippen LogP contribution in [-0.4, -0.2) is 49.7 Å². The van der Waals surface area contributed by atoms with Crippen molar-refractivity contribution in [1.82, 2.24) is 10.2 Å². The Kier molecular flexibility index (Phi) is 3.86. The highest BCUT2D eigenvalue weighted by Gasteiger charge is 2.26. The minimum atomic E-state index is -0.475. The lowest BCUT2D eigenvalue weighted by Gasteiger charge is -2.31. The van der Waals surface area contributed by atoms with Crippen LogP contribution in [0.4, 0.5) is 0 Å². The standard InChI is InChI=1S/C9H15N3O2/c1-7(11-2)9(13)12-3-4-14-8(5-10)6-12/h7-8,11H,3-4,6H2,1-2H3/t7-,8?/m0/s1. The predicted molar refractivity (Wildman–Crippen MR) is 50.5 cm³/mol. The van der Waals surface area contributed by atoms with Crippen molar-refractivity contribution in [2.45, 2.75) is 19.1 Å². The first kappa shape index (κ1) is 11.0. The fourth-order valence-electron chi connectivity index (χ4n) is 1.32. The lowest BCUT2D eigenvalue weighted by molar-refractivity contribution is -0.138. The van der Waals surface area contributed by atoms with E-state index in [1.54, 1.807) is 18.9 Å². The van der Waals surface area contributed by atoms with E-state index in [1.807, 2.05) is 6.07 Å². The number of rotatable bonds is 2. The summed E-state index contributed by atoms with van der Waals surface area (Å²) in [6.07, 6.45) is -0.475. The van der Waals surface area contributed by atoms with Gasteiger partial charge in [0.2, 0.25) is 5.91 Å². The van der Waals surface area contributed by atoms with E-state index in [0.717, 1.165) is 0 Å². The average Bonchev–Trinajstić information content (AvgIpc) is 2.27. The maximum Gasteiger partial charge on any atom is 0.239 e. The number of morpholine rings is 1. The summed E-state index contributed by atoms with van der Waals surface area (Å²) in [4.78, 5) is 13.4. The highest BCUT2D eigenvalue weighted by atomic mass is 16.5. The Bertz CT molecular complexity index is 249. The summed E-state index contributed by atoms with van der Waals surface area (Å²) in [6, 6.07) is 1.81. The molecule has 0 aliphatic carbocycles. The Morgan fingerprint density at radius 1 is 1.79 bits per heavy atom. The summed E-state index contributed by atoms with van der Waals surface area (Å²) in [5.74, 6) is 0.0241. The number of ether oxygens (including phenoxy) is 1. The number of nitrogens with one attached hydrogen (secondary N) is 1. The van der Waals surface area contributed by atoms with Crippen LogP contribution in [0.3, 0.4) is 0 Å². The fourth-order valence-corrected chi connectivity index (χ4v) is 1.32. The van der Waals surface area contributed by atoms with Gasteiger partial charge in [0.15, 0.2) is 6.10 Å². The molecule has 0 bridgehead atoms. The molecule has 1 heterocycles. The van der Waals surface area contributed by atoms with Gasteiger partial charge in [0.1, 0.15) is 0 Å². The van der Waals surface area contributed by atoms with Gasteiger partial charge in [-0.25, -0.2) is 0 Å². The molecule has 0 saturated carbocycles. The molecule has 1 amide bonds. The zero-order valence-electron chi connectivity index (χ0n) is 8.49. The summed E-state index contributed by atoms with van der Waals surface area (Å²) in [7, 11) is 1.74. The molecule has 1 saturated heterocycles. The van der Waals surface area contributed by atoms with E-state index in [4.69, 9.17) is 10.00 Å². The molecule has 14 heavy (non-hydrogen) atoms. The van der Waals surface area contributed by atoms with Gasteiger partial charge in [-0.3, -0.25) is 4.79 Å². The van der Waals surface area contributed by atoms with E-state index < -0.39 is 6.10 Å². The Morgan fingerprint density at radius 3 is 3.07 bits per heavy atom. The van der Waals surface area contributed by atoms with Crippen molar-refractivity contribution < 1.29 is 9.53 Å². The quantitative estimate of drug-likeness (QED) is 0.638. The van der Waals surface area contributed by atoms with Crippen molar-refractivity contribution in [3.8, 4) is 6.07 Å². The molecule has 0 aromatic rings. The molecular formula is C9H15N3O2. The molecule has 0 radical (unpaired) electrons. The van der Waals surface area contributed by atoms with Crippen molar-refractivity contribution in [3.05, 3.63) is 0 Å². The maximum absolute atomic E-state index is 11.7. The number of carbonyl (C=O) groups excluding carboxylic acids is 1. The van der Waals surface area contributed by atoms with Gasteiger partial charge in [-0.15, -0.1) is 0 Å². The normalized spacial score (nSPS) is 24.1. The summed E-state index contributed by atoms with van der Waals surface area (Å²) in [6.45, 7) is 3.20. The smallest absolute Gasteiger partial charge is 0.239 e. The van der Waals surface area contributed by atoms with Crippen LogP contribution in [0, 0.1) is 11.3 Å². The summed E-state index contributed by atoms with van der Waals surface area (Å²) >= 11 is 0. The Morgan fingerprint density at radius 2 is 2.50 bits per heavy atom. The lowest BCUT2D eigenvalue weighted by atomic mass is 10.2. The molecular weight excluding hydrogens is 182 g/mol. The monoisotopic (exact) mass is 197 g/mol. The van der Waals surface area contributed by atoms with Crippen molar-refractivity contribution >= 4 is 5.91 Å². The third-order valence-corrected chi connectivity index (χ3v) is 2.33. The van der Waals surface area contributed by atoms with Crippen LogP contribution in [0.5, 0.6) is 0 Å². The number of nitrogens with zero attached hydrogens (tertiary/aromatic N) is 2. The zero-order valence-corrected chi connectivity index (χ0v) is 8.49. The SMILES string of the molecule is CN[C@@H](C)C(=O)N1CCOC(C#N)C1. The van der Waals surface area contributed by atoms with Crippen LogP contribution in [0.15, 0.2) is 0 Å². The van der Waals surface area contributed by atoms with Gasteiger partial charge < -0.3 is 15.0 Å². The minimum absolute atomic E-state index is 0.0241. The van der Waals surface area contributed by atoms with E-state index in [-0.39, 0.29) is 11.9 Å². The second-order valence-electron chi connectivity index (χ2n) is 3.28. The zero-order chi connectivity index (χ0) is 10.6. The number of carbonyl (C=O) groups is 1. The predicted octanol–water partition coefficient (Wildman–Crippen LogP) is -0.655. The van der Waals surface area contributed by atoms with Crippen LogP contribution >= 0.6 is 0 Å². The first-order valence-corrected chi connectivity index (χ1v) is 4.66. The molecule has 2 atom stereocenters. The van der Waals surface area contributed by atoms with Gasteiger partial charge in [0.25, 0.3) is 0 Å². The molecule has 1 fully saturated rings. The molecule has 0 spiro atoms. The Hall–Kier alpha value is -1.12. The highest BCUT2D eigenvalue weighted by molar-refractivity contribution is 5.81. The fraction of sp³-hybridized carbons (Fsp3) is 0.778. The number of nitriles is 1. The second-order valence-corrected chi connectivity index (χ2v) is 3.28. The van der Waals surface area contributed by atoms with Gasteiger partial charge in [-0.2, -0.15) is 5.26 Å². The first-order valence-electron chi connectivity index (χ1n) is 4.66. The largest absolute Gasteiger partial charge is 0.360 e. The molecule has 0 aromatic carbocycles. The van der Waals surface area contributed by atoms with E-state index in [0.29, 0.717) is 19.7 Å². The molecule has 1 N–H and O–H groups in total. The Labute approximate surface area is 83.6 Å². The van der Waals surface area contributed by atoms with Crippen LogP contribution < -0.4 is 5.32 Å². The van der Waals surface area contributed by atoms with E-state index >= 15 is 0 Å². The summed E-state index contributed by atoms with van der Waals surface area (Å²) < 4.78 is 5.15. The third-order valence-electron chi connectivity index (χ3n) is 2.33. The van der Waals surface area contributed by atoms with Crippen LogP contribution in [0.25, 0.3) is 0 Å². The van der Waals surface area contributed by atoms with Crippen molar-refractivity contribution in [2.24, 2.45) is 0 Å². The van der Waals surface area contributed by atoms with Crippen molar-refractivity contribution in [1.29, 1.82) is 5.26 Å². The first-order chi connectivity index (χ1) is 6.69. The number of amides is 1. The summed E-state index contributed by atoms with van der Waals surface area (Å²) in [5, 5.41) is 11.5. The van der Waals surface area contributed by atoms with Gasteiger partial charge in [0, 0.05) is 6.54 Å². The lowest BCUT2D eigenvalue weighted by Crippen LogP contribution is -2.50. The minimum Gasteiger partial charge on any atom is -0.360 e. The molecule has 0 aromatic heterocycles. The molecule has 5 nitrogen and oxygen atoms in total. The van der Waals surface area contributed by atoms with Gasteiger partial charge >= 0.3 is 0 Å². The molecule has 5 heteroatoms. The van der Waals surface area contributed by atoms with Gasteiger partial charge in [-0.1, -0.05) is 0 Å². The third kappa shape index (κ3) is 2.44. The molecule has 1 aliphatic rings. The van der Waals surface area contributed by atoms with Crippen LogP contribution in [0.2, 0.25) is 0 Å². The molecule has 78 valence electrons. The number of hydrogen-bond acceptors (Lipinski definition) is 4. The number of likely N-dealkylation sites (N-methyl/N-ethyl adjacent to an activating group) is 1. The van der Waals surface area contributed by atoms with Crippen LogP contribution in [-0.2, 0) is 9.53 Å². The van der Waals surface area contributed by atoms with Crippen LogP contribution in [0.1, 0.15) is 6.92 Å².